The zero-order valence-corrected chi connectivity index (χ0v) is 8.98. The maximum atomic E-state index is 8.81. The van der Waals surface area contributed by atoms with Crippen LogP contribution in [0.5, 0.6) is 0 Å². The average Bonchev–Trinajstić information content (AvgIpc) is 2.78. The highest BCUT2D eigenvalue weighted by Gasteiger charge is 2.21. The van der Waals surface area contributed by atoms with Gasteiger partial charge in [-0.2, -0.15) is 5.26 Å². The quantitative estimate of drug-likeness (QED) is 0.736. The first kappa shape index (κ1) is 9.97. The predicted molar refractivity (Wildman–Crippen MR) is 59.6 cm³/mol. The third-order valence-corrected chi connectivity index (χ3v) is 3.06. The van der Waals surface area contributed by atoms with Crippen molar-refractivity contribution in [3.05, 3.63) is 23.9 Å². The summed E-state index contributed by atoms with van der Waals surface area (Å²) < 4.78 is 0. The molecule has 1 atom stereocenters. The summed E-state index contributed by atoms with van der Waals surface area (Å²) in [6, 6.07) is 5.77. The maximum absolute atomic E-state index is 8.81. The molecule has 1 aliphatic rings. The van der Waals surface area contributed by atoms with E-state index in [1.807, 2.05) is 6.07 Å². The number of hydrogen-bond donors (Lipinski definition) is 0. The second-order valence-electron chi connectivity index (χ2n) is 4.02. The van der Waals surface area contributed by atoms with Crippen molar-refractivity contribution < 1.29 is 0 Å². The smallest absolute Gasteiger partial charge is 0.129 e. The Bertz CT molecular complexity index is 381. The molecule has 3 heteroatoms. The Balaban J connectivity index is 2.14. The van der Waals surface area contributed by atoms with Crippen LogP contribution in [-0.2, 0) is 0 Å². The SMILES string of the molecule is CCC1CCN(c2cc(C#N)ccn2)C1. The Morgan fingerprint density at radius 1 is 1.67 bits per heavy atom. The predicted octanol–water partition coefficient (Wildman–Crippen LogP) is 2.19. The van der Waals surface area contributed by atoms with Gasteiger partial charge >= 0.3 is 0 Å². The second-order valence-corrected chi connectivity index (χ2v) is 4.02. The first-order valence-corrected chi connectivity index (χ1v) is 5.44. The molecule has 1 saturated heterocycles. The van der Waals surface area contributed by atoms with Crippen LogP contribution in [-0.4, -0.2) is 18.1 Å². The number of hydrogen-bond acceptors (Lipinski definition) is 3. The molecule has 2 rings (SSSR count). The lowest BCUT2D eigenvalue weighted by Crippen LogP contribution is -2.20. The zero-order valence-electron chi connectivity index (χ0n) is 8.98. The monoisotopic (exact) mass is 201 g/mol. The summed E-state index contributed by atoms with van der Waals surface area (Å²) in [5.74, 6) is 1.74. The third-order valence-electron chi connectivity index (χ3n) is 3.06. The number of rotatable bonds is 2. The maximum Gasteiger partial charge on any atom is 0.129 e. The topological polar surface area (TPSA) is 39.9 Å². The van der Waals surface area contributed by atoms with Gasteiger partial charge in [0.2, 0.25) is 0 Å². The summed E-state index contributed by atoms with van der Waals surface area (Å²) in [4.78, 5) is 6.59. The summed E-state index contributed by atoms with van der Waals surface area (Å²) in [5, 5.41) is 8.81. The minimum absolute atomic E-state index is 0.694. The molecule has 1 fully saturated rings. The zero-order chi connectivity index (χ0) is 10.7. The molecular weight excluding hydrogens is 186 g/mol. The van der Waals surface area contributed by atoms with E-state index in [1.165, 1.54) is 12.8 Å². The van der Waals surface area contributed by atoms with Crippen LogP contribution in [0.25, 0.3) is 0 Å². The van der Waals surface area contributed by atoms with E-state index in [4.69, 9.17) is 5.26 Å². The van der Waals surface area contributed by atoms with E-state index in [-0.39, 0.29) is 0 Å². The summed E-state index contributed by atoms with van der Waals surface area (Å²) >= 11 is 0. The molecule has 3 nitrogen and oxygen atoms in total. The van der Waals surface area contributed by atoms with Gasteiger partial charge in [0.1, 0.15) is 5.82 Å². The lowest BCUT2D eigenvalue weighted by atomic mass is 10.1. The Hall–Kier alpha value is -1.56. The van der Waals surface area contributed by atoms with Crippen LogP contribution < -0.4 is 4.90 Å². The van der Waals surface area contributed by atoms with Crippen LogP contribution in [0.4, 0.5) is 5.82 Å². The highest BCUT2D eigenvalue weighted by Crippen LogP contribution is 2.24. The van der Waals surface area contributed by atoms with Crippen LogP contribution in [0.15, 0.2) is 18.3 Å². The van der Waals surface area contributed by atoms with Gasteiger partial charge in [-0.15, -0.1) is 0 Å². The van der Waals surface area contributed by atoms with E-state index >= 15 is 0 Å². The normalized spacial score (nSPS) is 20.3. The number of nitriles is 1. The summed E-state index contributed by atoms with van der Waals surface area (Å²) in [5.41, 5.74) is 0.694. The Morgan fingerprint density at radius 3 is 3.20 bits per heavy atom. The van der Waals surface area contributed by atoms with E-state index in [2.05, 4.69) is 22.9 Å². The van der Waals surface area contributed by atoms with Gasteiger partial charge in [0.05, 0.1) is 11.6 Å². The third kappa shape index (κ3) is 2.10. The molecule has 1 aromatic heterocycles. The minimum atomic E-state index is 0.694. The lowest BCUT2D eigenvalue weighted by molar-refractivity contribution is 0.569. The fourth-order valence-electron chi connectivity index (χ4n) is 2.03. The van der Waals surface area contributed by atoms with Gasteiger partial charge in [0, 0.05) is 19.3 Å². The molecule has 2 heterocycles. The molecule has 1 aliphatic heterocycles. The fourth-order valence-corrected chi connectivity index (χ4v) is 2.03. The number of nitrogens with zero attached hydrogens (tertiary/aromatic N) is 3. The summed E-state index contributed by atoms with van der Waals surface area (Å²) in [7, 11) is 0. The number of aromatic nitrogens is 1. The lowest BCUT2D eigenvalue weighted by Gasteiger charge is -2.16. The van der Waals surface area contributed by atoms with Gasteiger partial charge < -0.3 is 4.90 Å². The second kappa shape index (κ2) is 4.31. The van der Waals surface area contributed by atoms with Crippen molar-refractivity contribution in [1.29, 1.82) is 5.26 Å². The number of anilines is 1. The van der Waals surface area contributed by atoms with Gasteiger partial charge in [-0.1, -0.05) is 13.3 Å². The van der Waals surface area contributed by atoms with Crippen molar-refractivity contribution in [2.45, 2.75) is 19.8 Å². The van der Waals surface area contributed by atoms with E-state index in [0.29, 0.717) is 5.56 Å². The van der Waals surface area contributed by atoms with E-state index in [1.54, 1.807) is 12.3 Å². The van der Waals surface area contributed by atoms with Gasteiger partial charge in [-0.3, -0.25) is 0 Å². The van der Waals surface area contributed by atoms with Crippen molar-refractivity contribution in [2.24, 2.45) is 5.92 Å². The van der Waals surface area contributed by atoms with Crippen LogP contribution >= 0.6 is 0 Å². The van der Waals surface area contributed by atoms with Crippen LogP contribution in [0.2, 0.25) is 0 Å². The molecule has 0 aromatic carbocycles. The standard InChI is InChI=1S/C12H15N3/c1-2-10-4-6-15(9-10)12-7-11(8-13)3-5-14-12/h3,5,7,10H,2,4,6,9H2,1H3. The first-order chi connectivity index (χ1) is 7.33. The highest BCUT2D eigenvalue weighted by atomic mass is 15.2. The van der Waals surface area contributed by atoms with Crippen molar-refractivity contribution in [1.82, 2.24) is 4.98 Å². The molecule has 0 saturated carbocycles. The van der Waals surface area contributed by atoms with Crippen LogP contribution in [0.1, 0.15) is 25.3 Å². The molecule has 78 valence electrons. The van der Waals surface area contributed by atoms with E-state index < -0.39 is 0 Å². The molecule has 0 amide bonds. The first-order valence-electron chi connectivity index (χ1n) is 5.44. The Morgan fingerprint density at radius 2 is 2.53 bits per heavy atom. The van der Waals surface area contributed by atoms with Gasteiger partial charge in [0.25, 0.3) is 0 Å². The van der Waals surface area contributed by atoms with Crippen molar-refractivity contribution >= 4 is 5.82 Å². The minimum Gasteiger partial charge on any atom is -0.356 e. The summed E-state index contributed by atoms with van der Waals surface area (Å²) in [6.07, 6.45) is 4.19. The van der Waals surface area contributed by atoms with Crippen LogP contribution in [0, 0.1) is 17.2 Å². The van der Waals surface area contributed by atoms with E-state index in [0.717, 1.165) is 24.8 Å². The molecule has 0 spiro atoms. The molecule has 0 radical (unpaired) electrons. The fraction of sp³-hybridized carbons (Fsp3) is 0.500. The van der Waals surface area contributed by atoms with Crippen molar-refractivity contribution in [2.75, 3.05) is 18.0 Å². The Kier molecular flexibility index (Phi) is 2.86. The molecule has 1 aromatic rings. The van der Waals surface area contributed by atoms with Crippen LogP contribution in [0.3, 0.4) is 0 Å². The highest BCUT2D eigenvalue weighted by molar-refractivity contribution is 5.45. The van der Waals surface area contributed by atoms with Gasteiger partial charge in [-0.25, -0.2) is 4.98 Å². The molecular formula is C12H15N3. The van der Waals surface area contributed by atoms with Gasteiger partial charge in [0.15, 0.2) is 0 Å². The molecule has 0 N–H and O–H groups in total. The van der Waals surface area contributed by atoms with Gasteiger partial charge in [-0.05, 0) is 24.5 Å². The van der Waals surface area contributed by atoms with Crippen molar-refractivity contribution in [3.63, 3.8) is 0 Å². The number of pyridine rings is 1. The molecule has 1 unspecified atom stereocenters. The molecule has 0 aliphatic carbocycles. The largest absolute Gasteiger partial charge is 0.356 e. The average molecular weight is 201 g/mol. The van der Waals surface area contributed by atoms with Crippen molar-refractivity contribution in [3.8, 4) is 6.07 Å². The Labute approximate surface area is 90.4 Å². The summed E-state index contributed by atoms with van der Waals surface area (Å²) in [6.45, 7) is 4.38. The molecule has 15 heavy (non-hydrogen) atoms. The molecule has 0 bridgehead atoms. The van der Waals surface area contributed by atoms with E-state index in [9.17, 15) is 0 Å².